The van der Waals surface area contributed by atoms with Gasteiger partial charge in [0.25, 0.3) is 5.91 Å². The second kappa shape index (κ2) is 9.93. The molecular weight excluding hydrogens is 498 g/mol. The van der Waals surface area contributed by atoms with Crippen molar-refractivity contribution in [2.45, 2.75) is 40.8 Å². The Balaban J connectivity index is 1.41. The van der Waals surface area contributed by atoms with E-state index in [1.54, 1.807) is 0 Å². The fourth-order valence-electron chi connectivity index (χ4n) is 3.72. The maximum Gasteiger partial charge on any atom is 0.265 e. The molecule has 33 heavy (non-hydrogen) atoms. The summed E-state index contributed by atoms with van der Waals surface area (Å²) < 4.78 is 8.90. The molecule has 0 bridgehead atoms. The fraction of sp³-hybridized carbons (Fsp3) is 0.231. The van der Waals surface area contributed by atoms with E-state index in [4.69, 9.17) is 4.74 Å². The van der Waals surface area contributed by atoms with Gasteiger partial charge in [-0.2, -0.15) is 5.10 Å². The molecule has 1 N–H and O–H groups in total. The van der Waals surface area contributed by atoms with Gasteiger partial charge >= 0.3 is 0 Å². The van der Waals surface area contributed by atoms with E-state index in [-0.39, 0.29) is 5.91 Å². The summed E-state index contributed by atoms with van der Waals surface area (Å²) in [5.74, 6) is 0.709. The predicted molar refractivity (Wildman–Crippen MR) is 137 cm³/mol. The minimum absolute atomic E-state index is 0.132. The first kappa shape index (κ1) is 23.3. The Kier molecular flexibility index (Phi) is 7.00. The molecular formula is C26H26BrN3O2S. The topological polar surface area (TPSA) is 56.1 Å². The van der Waals surface area contributed by atoms with Crippen LogP contribution in [0.5, 0.6) is 5.75 Å². The molecule has 0 aliphatic rings. The SMILES string of the molecule is Cc1cc(C)cc(OCc2csc(C(=O)Nc3c(C)nn(Cc4ccc(Br)cc4)c3C)c2)c1. The number of carbonyl (C=O) groups is 1. The Morgan fingerprint density at radius 1 is 1.03 bits per heavy atom. The van der Waals surface area contributed by atoms with Crippen molar-refractivity contribution < 1.29 is 9.53 Å². The van der Waals surface area contributed by atoms with Crippen LogP contribution in [0.3, 0.4) is 0 Å². The van der Waals surface area contributed by atoms with Gasteiger partial charge in [-0.3, -0.25) is 9.48 Å². The second-order valence-electron chi connectivity index (χ2n) is 8.22. The van der Waals surface area contributed by atoms with E-state index >= 15 is 0 Å². The molecule has 0 spiro atoms. The van der Waals surface area contributed by atoms with Gasteiger partial charge in [-0.1, -0.05) is 34.1 Å². The van der Waals surface area contributed by atoms with Crippen LogP contribution in [0.4, 0.5) is 5.69 Å². The second-order valence-corrected chi connectivity index (χ2v) is 10.0. The first-order chi connectivity index (χ1) is 15.8. The lowest BCUT2D eigenvalue weighted by atomic mass is 10.1. The molecule has 0 fully saturated rings. The van der Waals surface area contributed by atoms with Gasteiger partial charge in [0.1, 0.15) is 12.4 Å². The molecule has 0 unspecified atom stereocenters. The maximum atomic E-state index is 12.9. The molecule has 4 rings (SSSR count). The Morgan fingerprint density at radius 3 is 2.42 bits per heavy atom. The first-order valence-electron chi connectivity index (χ1n) is 10.7. The summed E-state index contributed by atoms with van der Waals surface area (Å²) in [6.45, 7) is 9.07. The number of hydrogen-bond acceptors (Lipinski definition) is 4. The van der Waals surface area contributed by atoms with Gasteiger partial charge in [-0.05, 0) is 80.1 Å². The van der Waals surface area contributed by atoms with Crippen LogP contribution in [0, 0.1) is 27.7 Å². The Bertz CT molecular complexity index is 1270. The largest absolute Gasteiger partial charge is 0.489 e. The molecule has 0 aliphatic carbocycles. The molecule has 1 amide bonds. The molecule has 0 radical (unpaired) electrons. The number of anilines is 1. The van der Waals surface area contributed by atoms with E-state index in [9.17, 15) is 4.79 Å². The van der Waals surface area contributed by atoms with Crippen molar-refractivity contribution >= 4 is 38.9 Å². The smallest absolute Gasteiger partial charge is 0.265 e. The molecule has 4 aromatic rings. The van der Waals surface area contributed by atoms with Crippen LogP contribution in [0.15, 0.2) is 58.4 Å². The van der Waals surface area contributed by atoms with Crippen molar-refractivity contribution in [1.29, 1.82) is 0 Å². The summed E-state index contributed by atoms with van der Waals surface area (Å²) in [7, 11) is 0. The van der Waals surface area contributed by atoms with Crippen molar-refractivity contribution in [1.82, 2.24) is 9.78 Å². The molecule has 0 saturated carbocycles. The van der Waals surface area contributed by atoms with Crippen LogP contribution in [-0.4, -0.2) is 15.7 Å². The molecule has 0 atom stereocenters. The lowest BCUT2D eigenvalue weighted by Gasteiger charge is -2.07. The van der Waals surface area contributed by atoms with Gasteiger partial charge in [0.2, 0.25) is 0 Å². The quantitative estimate of drug-likeness (QED) is 0.289. The highest BCUT2D eigenvalue weighted by Crippen LogP contribution is 2.24. The van der Waals surface area contributed by atoms with Gasteiger partial charge in [0, 0.05) is 10.0 Å². The van der Waals surface area contributed by atoms with Crippen LogP contribution in [0.1, 0.15) is 43.3 Å². The monoisotopic (exact) mass is 523 g/mol. The summed E-state index contributed by atoms with van der Waals surface area (Å²) in [5.41, 5.74) is 6.95. The third-order valence-electron chi connectivity index (χ3n) is 5.34. The number of nitrogens with zero attached hydrogens (tertiary/aromatic N) is 2. The van der Waals surface area contributed by atoms with E-state index in [1.807, 2.05) is 54.2 Å². The van der Waals surface area contributed by atoms with Crippen LogP contribution >= 0.6 is 27.3 Å². The lowest BCUT2D eigenvalue weighted by Crippen LogP contribution is -2.12. The Morgan fingerprint density at radius 2 is 1.73 bits per heavy atom. The number of benzene rings is 2. The van der Waals surface area contributed by atoms with Gasteiger partial charge in [0.05, 0.1) is 28.5 Å². The van der Waals surface area contributed by atoms with Crippen LogP contribution in [0.2, 0.25) is 0 Å². The van der Waals surface area contributed by atoms with E-state index in [2.05, 4.69) is 58.4 Å². The van der Waals surface area contributed by atoms with E-state index < -0.39 is 0 Å². The van der Waals surface area contributed by atoms with Crippen LogP contribution < -0.4 is 10.1 Å². The van der Waals surface area contributed by atoms with E-state index in [0.29, 0.717) is 18.0 Å². The number of nitrogens with one attached hydrogen (secondary N) is 1. The Labute approximate surface area is 206 Å². The number of carbonyl (C=O) groups excluding carboxylic acids is 1. The number of hydrogen-bond donors (Lipinski definition) is 1. The van der Waals surface area contributed by atoms with Crippen LogP contribution in [-0.2, 0) is 13.2 Å². The predicted octanol–water partition coefficient (Wildman–Crippen LogP) is 6.82. The zero-order chi connectivity index (χ0) is 23.5. The average Bonchev–Trinajstić information content (AvgIpc) is 3.34. The highest BCUT2D eigenvalue weighted by Gasteiger charge is 2.17. The number of amides is 1. The minimum Gasteiger partial charge on any atom is -0.489 e. The summed E-state index contributed by atoms with van der Waals surface area (Å²) in [6.07, 6.45) is 0. The molecule has 7 heteroatoms. The van der Waals surface area contributed by atoms with Crippen LogP contribution in [0.25, 0.3) is 0 Å². The molecule has 170 valence electrons. The molecule has 0 saturated heterocycles. The zero-order valence-corrected chi connectivity index (χ0v) is 21.5. The average molecular weight is 524 g/mol. The van der Waals surface area contributed by atoms with Gasteiger partial charge < -0.3 is 10.1 Å². The molecule has 0 aliphatic heterocycles. The first-order valence-corrected chi connectivity index (χ1v) is 12.3. The summed E-state index contributed by atoms with van der Waals surface area (Å²) in [5, 5.41) is 9.65. The summed E-state index contributed by atoms with van der Waals surface area (Å²) in [6, 6.07) is 16.2. The standard InChI is InChI=1S/C26H26BrN3O2S/c1-16-9-17(2)11-23(10-16)32-14-21-12-24(33-15-21)26(31)28-25-18(3)29-30(19(25)4)13-20-5-7-22(27)8-6-20/h5-12,15H,13-14H2,1-4H3,(H,28,31). The van der Waals surface area contributed by atoms with Crippen molar-refractivity contribution in [2.24, 2.45) is 0 Å². The summed E-state index contributed by atoms with van der Waals surface area (Å²) in [4.78, 5) is 13.6. The normalized spacial score (nSPS) is 10.9. The number of aromatic nitrogens is 2. The number of rotatable bonds is 7. The number of thiophene rings is 1. The molecule has 2 aromatic carbocycles. The highest BCUT2D eigenvalue weighted by atomic mass is 79.9. The molecule has 5 nitrogen and oxygen atoms in total. The third kappa shape index (κ3) is 5.72. The van der Waals surface area contributed by atoms with Crippen molar-refractivity contribution in [3.8, 4) is 5.75 Å². The van der Waals surface area contributed by atoms with Gasteiger partial charge in [0.15, 0.2) is 0 Å². The fourth-order valence-corrected chi connectivity index (χ4v) is 4.78. The van der Waals surface area contributed by atoms with Crippen molar-refractivity contribution in [3.05, 3.63) is 96.9 Å². The van der Waals surface area contributed by atoms with Crippen molar-refractivity contribution in [2.75, 3.05) is 5.32 Å². The number of aryl methyl sites for hydroxylation is 3. The Hall–Kier alpha value is -2.90. The lowest BCUT2D eigenvalue weighted by molar-refractivity contribution is 0.103. The number of halogens is 1. The van der Waals surface area contributed by atoms with Crippen molar-refractivity contribution in [3.63, 3.8) is 0 Å². The highest BCUT2D eigenvalue weighted by molar-refractivity contribution is 9.10. The summed E-state index contributed by atoms with van der Waals surface area (Å²) >= 11 is 4.88. The van der Waals surface area contributed by atoms with E-state index in [1.165, 1.54) is 22.5 Å². The molecule has 2 heterocycles. The zero-order valence-electron chi connectivity index (χ0n) is 19.1. The van der Waals surface area contributed by atoms with E-state index in [0.717, 1.165) is 38.4 Å². The van der Waals surface area contributed by atoms with Gasteiger partial charge in [-0.15, -0.1) is 11.3 Å². The third-order valence-corrected chi connectivity index (χ3v) is 6.85. The number of ether oxygens (including phenoxy) is 1. The minimum atomic E-state index is -0.132. The molecule has 2 aromatic heterocycles. The maximum absolute atomic E-state index is 12.9. The van der Waals surface area contributed by atoms with Gasteiger partial charge in [-0.25, -0.2) is 0 Å².